The van der Waals surface area contributed by atoms with E-state index in [9.17, 15) is 0 Å². The van der Waals surface area contributed by atoms with Crippen molar-refractivity contribution in [3.8, 4) is 0 Å². The topological polar surface area (TPSA) is 0 Å². The van der Waals surface area contributed by atoms with Crippen LogP contribution >= 0.6 is 30.4 Å². The minimum atomic E-state index is -1.89. The van der Waals surface area contributed by atoms with Gasteiger partial charge in [-0.2, -0.15) is 0 Å². The van der Waals surface area contributed by atoms with Gasteiger partial charge < -0.3 is 0 Å². The van der Waals surface area contributed by atoms with E-state index < -0.39 is 30.4 Å². The lowest BCUT2D eigenvalue weighted by atomic mass is 10.4. The van der Waals surface area contributed by atoms with Crippen molar-refractivity contribution in [1.82, 2.24) is 0 Å². The van der Waals surface area contributed by atoms with E-state index in [4.69, 9.17) is 0 Å². The van der Waals surface area contributed by atoms with E-state index in [1.54, 1.807) is 0 Å². The van der Waals surface area contributed by atoms with E-state index in [1.165, 1.54) is 67.6 Å². The van der Waals surface area contributed by atoms with Crippen molar-refractivity contribution in [3.05, 3.63) is 243 Å². The summed E-state index contributed by atoms with van der Waals surface area (Å²) < 4.78 is 0. The maximum absolute atomic E-state index is 2.45. The molecule has 0 aliphatic carbocycles. The molecule has 0 fully saturated rings. The SMILES string of the molecule is c1ccc(P(C[P+](CCCC[P+](CP(c2ccccc2)c2ccccc2)(c2ccccc2)c2ccccc2)(c2ccccc2)c2ccccc2)c2ccccc2)cc1. The molecule has 8 aromatic carbocycles. The summed E-state index contributed by atoms with van der Waals surface area (Å²) in [5.41, 5.74) is 0. The summed E-state index contributed by atoms with van der Waals surface area (Å²) in [5.74, 6) is 2.32. The van der Waals surface area contributed by atoms with Crippen molar-refractivity contribution >= 4 is 72.8 Å². The highest BCUT2D eigenvalue weighted by molar-refractivity contribution is 7.99. The first kappa shape index (κ1) is 40.3. The predicted molar refractivity (Wildman–Crippen MR) is 265 cm³/mol. The van der Waals surface area contributed by atoms with Crippen molar-refractivity contribution in [2.45, 2.75) is 12.8 Å². The zero-order valence-electron chi connectivity index (χ0n) is 33.1. The smallest absolute Gasteiger partial charge is 0.0622 e. The minimum Gasteiger partial charge on any atom is -0.0622 e. The van der Waals surface area contributed by atoms with Crippen LogP contribution in [0.3, 0.4) is 0 Å². The fraction of sp³-hybridized carbons (Fsp3) is 0.111. The van der Waals surface area contributed by atoms with E-state index in [2.05, 4.69) is 243 Å². The number of rotatable bonds is 17. The third-order valence-corrected chi connectivity index (χ3v) is 28.5. The Balaban J connectivity index is 1.21. The summed E-state index contributed by atoms with van der Waals surface area (Å²) in [6.45, 7) is 0. The fourth-order valence-corrected chi connectivity index (χ4v) is 27.5. The first-order valence-electron chi connectivity index (χ1n) is 20.5. The molecule has 0 heterocycles. The van der Waals surface area contributed by atoms with E-state index >= 15 is 0 Å². The zero-order chi connectivity index (χ0) is 39.3. The molecule has 0 unspecified atom stereocenters. The normalized spacial score (nSPS) is 11.8. The highest BCUT2D eigenvalue weighted by Crippen LogP contribution is 2.66. The Bertz CT molecular complexity index is 2050. The lowest BCUT2D eigenvalue weighted by Crippen LogP contribution is -2.31. The Morgan fingerprint density at radius 2 is 0.431 bits per heavy atom. The molecule has 0 amide bonds. The Labute approximate surface area is 350 Å². The molecule has 0 aliphatic heterocycles. The second-order valence-electron chi connectivity index (χ2n) is 14.9. The van der Waals surface area contributed by atoms with Crippen LogP contribution in [0.5, 0.6) is 0 Å². The van der Waals surface area contributed by atoms with Gasteiger partial charge in [0, 0.05) is 0 Å². The largest absolute Gasteiger partial charge is 0.0995 e. The van der Waals surface area contributed by atoms with Gasteiger partial charge in [0.25, 0.3) is 0 Å². The van der Waals surface area contributed by atoms with Crippen LogP contribution in [0.25, 0.3) is 0 Å². The summed E-state index contributed by atoms with van der Waals surface area (Å²) in [4.78, 5) is 0. The lowest BCUT2D eigenvalue weighted by molar-refractivity contribution is 0.895. The van der Waals surface area contributed by atoms with Crippen molar-refractivity contribution in [3.63, 3.8) is 0 Å². The fourth-order valence-electron chi connectivity index (χ4n) is 8.44. The van der Waals surface area contributed by atoms with Crippen molar-refractivity contribution in [2.75, 3.05) is 24.1 Å². The first-order chi connectivity index (χ1) is 28.8. The quantitative estimate of drug-likeness (QED) is 0.0634. The third kappa shape index (κ3) is 9.35. The monoisotopic (exact) mass is 824 g/mol. The molecule has 0 saturated carbocycles. The highest BCUT2D eigenvalue weighted by Gasteiger charge is 2.47. The van der Waals surface area contributed by atoms with Crippen LogP contribution < -0.4 is 42.4 Å². The van der Waals surface area contributed by atoms with Gasteiger partial charge in [0.15, 0.2) is 0 Å². The number of hydrogen-bond donors (Lipinski definition) is 0. The molecule has 0 atom stereocenters. The predicted octanol–water partition coefficient (Wildman–Crippen LogP) is 11.3. The second kappa shape index (κ2) is 20.0. The molecule has 8 aromatic rings. The summed E-state index contributed by atoms with van der Waals surface area (Å²) in [6, 6.07) is 92.0. The molecule has 4 heteroatoms. The molecule has 58 heavy (non-hydrogen) atoms. The zero-order valence-corrected chi connectivity index (χ0v) is 36.7. The van der Waals surface area contributed by atoms with Gasteiger partial charge in [-0.3, -0.25) is 0 Å². The van der Waals surface area contributed by atoms with Gasteiger partial charge in [-0.25, -0.2) is 0 Å². The first-order valence-corrected chi connectivity index (χ1v) is 27.8. The summed E-state index contributed by atoms with van der Waals surface area (Å²) in [5, 5.41) is 12.0. The molecule has 0 saturated heterocycles. The summed E-state index contributed by atoms with van der Waals surface area (Å²) >= 11 is 0. The van der Waals surface area contributed by atoms with Crippen molar-refractivity contribution in [1.29, 1.82) is 0 Å². The molecule has 0 N–H and O–H groups in total. The number of unbranched alkanes of at least 4 members (excludes halogenated alkanes) is 1. The molecule has 8 rings (SSSR count). The van der Waals surface area contributed by atoms with Crippen LogP contribution in [0.4, 0.5) is 0 Å². The van der Waals surface area contributed by atoms with Crippen LogP contribution in [0.2, 0.25) is 0 Å². The Kier molecular flexibility index (Phi) is 13.9. The van der Waals surface area contributed by atoms with Crippen LogP contribution in [0, 0.1) is 0 Å². The Morgan fingerprint density at radius 3 is 0.638 bits per heavy atom. The molecule has 286 valence electrons. The van der Waals surface area contributed by atoms with Crippen LogP contribution in [-0.2, 0) is 0 Å². The third-order valence-electron chi connectivity index (χ3n) is 11.4. The average molecular weight is 825 g/mol. The molecular formula is C54H52P4+2. The Hall–Kier alpha value is -4.52. The summed E-state index contributed by atoms with van der Waals surface area (Å²) in [7, 11) is -5.00. The van der Waals surface area contributed by atoms with Gasteiger partial charge in [-0.15, -0.1) is 0 Å². The van der Waals surface area contributed by atoms with Gasteiger partial charge in [-0.05, 0) is 98.4 Å². The maximum atomic E-state index is 2.45. The van der Waals surface area contributed by atoms with Crippen LogP contribution in [0.1, 0.15) is 12.8 Å². The maximum Gasteiger partial charge on any atom is 0.0995 e. The standard InChI is InChI=1S/C54H52P4/c1-9-27-47(28-10-1)55(48-29-11-2-12-30-48)45-57(51-35-17-5-18-36-51,52-37-19-6-20-38-52)43-25-26-44-58(53-39-21-7-22-40-53,54-41-23-8-24-42-54)46-56(49-31-13-3-14-32-49)50-33-15-4-16-34-50/h1-24,27-42H,25-26,43-46H2/q+2. The van der Waals surface area contributed by atoms with Gasteiger partial charge in [0.1, 0.15) is 0 Å². The minimum absolute atomic E-state index is 0.606. The molecular weight excluding hydrogens is 772 g/mol. The van der Waals surface area contributed by atoms with Crippen molar-refractivity contribution in [2.24, 2.45) is 0 Å². The molecule has 0 nitrogen and oxygen atoms in total. The van der Waals surface area contributed by atoms with Gasteiger partial charge in [-0.1, -0.05) is 194 Å². The Morgan fingerprint density at radius 1 is 0.241 bits per heavy atom. The number of hydrogen-bond acceptors (Lipinski definition) is 0. The molecule has 0 spiro atoms. The second-order valence-corrected chi connectivity index (χ2v) is 27.8. The van der Waals surface area contributed by atoms with Gasteiger partial charge in [0.05, 0.1) is 59.9 Å². The number of benzene rings is 8. The lowest BCUT2D eigenvalue weighted by Gasteiger charge is -2.33. The molecule has 0 aliphatic rings. The van der Waals surface area contributed by atoms with Crippen LogP contribution in [0.15, 0.2) is 243 Å². The van der Waals surface area contributed by atoms with Crippen LogP contribution in [-0.4, -0.2) is 24.1 Å². The highest BCUT2D eigenvalue weighted by atomic mass is 31.2. The van der Waals surface area contributed by atoms with Gasteiger partial charge >= 0.3 is 0 Å². The van der Waals surface area contributed by atoms with Crippen molar-refractivity contribution < 1.29 is 0 Å². The van der Waals surface area contributed by atoms with Gasteiger partial charge in [0.2, 0.25) is 0 Å². The summed E-state index contributed by atoms with van der Waals surface area (Å²) in [6.07, 6.45) is 4.74. The molecule has 0 aromatic heterocycles. The van der Waals surface area contributed by atoms with E-state index in [0.717, 1.165) is 11.8 Å². The van der Waals surface area contributed by atoms with E-state index in [-0.39, 0.29) is 0 Å². The molecule has 0 bridgehead atoms. The van der Waals surface area contributed by atoms with E-state index in [1.807, 2.05) is 0 Å². The average Bonchev–Trinajstić information content (AvgIpc) is 3.32. The molecule has 0 radical (unpaired) electrons. The van der Waals surface area contributed by atoms with E-state index in [0.29, 0.717) is 0 Å².